The van der Waals surface area contributed by atoms with E-state index in [1.165, 1.54) is 18.2 Å². The molecule has 132 valence electrons. The fourth-order valence-corrected chi connectivity index (χ4v) is 1.59. The molecule has 0 aliphatic carbocycles. The molecular weight excluding hydrogens is 379 g/mol. The van der Waals surface area contributed by atoms with Crippen LogP contribution < -0.4 is 0 Å². The van der Waals surface area contributed by atoms with E-state index in [1.54, 1.807) is 0 Å². The van der Waals surface area contributed by atoms with Crippen LogP contribution in [-0.4, -0.2) is 32.5 Å². The molecule has 11 heteroatoms. The van der Waals surface area contributed by atoms with Gasteiger partial charge in [-0.05, 0) is 17.7 Å². The van der Waals surface area contributed by atoms with Crippen molar-refractivity contribution in [3.8, 4) is 11.5 Å². The Labute approximate surface area is 151 Å². The molecule has 10 nitrogen and oxygen atoms in total. The zero-order valence-electron chi connectivity index (χ0n) is 12.3. The third-order valence-electron chi connectivity index (χ3n) is 2.75. The van der Waals surface area contributed by atoms with Crippen molar-refractivity contribution in [2.75, 3.05) is 0 Å². The predicted octanol–water partition coefficient (Wildman–Crippen LogP) is 2.57. The fourth-order valence-electron chi connectivity index (χ4n) is 1.59. The van der Waals surface area contributed by atoms with Crippen LogP contribution >= 0.6 is 0 Å². The van der Waals surface area contributed by atoms with E-state index in [0.717, 1.165) is 18.2 Å². The molecule has 2 aromatic carbocycles. The maximum absolute atomic E-state index is 10.3. The molecule has 0 radical (unpaired) electrons. The number of hydrogen-bond donors (Lipinski definition) is 2. The SMILES string of the molecule is [N-]=Cc1c(O)cccc1[N+](=O)[O-].[N-]=Cc1cc([N+](=O)[O-])ccc1O.[Ni+2]. The van der Waals surface area contributed by atoms with Gasteiger partial charge in [0.15, 0.2) is 0 Å². The molecule has 0 fully saturated rings. The first-order valence-corrected chi connectivity index (χ1v) is 6.20. The number of hydrogen-bond acceptors (Lipinski definition) is 6. The first-order chi connectivity index (χ1) is 11.3. The van der Waals surface area contributed by atoms with Gasteiger partial charge in [0.1, 0.15) is 11.5 Å². The second-order valence-electron chi connectivity index (χ2n) is 4.23. The molecule has 0 saturated heterocycles. The van der Waals surface area contributed by atoms with Crippen molar-refractivity contribution >= 4 is 23.8 Å². The minimum atomic E-state index is -0.679. The maximum Gasteiger partial charge on any atom is 2.00 e. The van der Waals surface area contributed by atoms with Crippen LogP contribution in [0.3, 0.4) is 0 Å². The molecule has 0 amide bonds. The van der Waals surface area contributed by atoms with E-state index in [1.807, 2.05) is 0 Å². The number of nitro benzene ring substituents is 2. The number of nitro groups is 2. The standard InChI is InChI=1S/2C7H5N2O3.Ni/c8-4-5-3-6(9(11)12)1-2-7(5)10;8-4-5-6(9(11)12)2-1-3-7(5)10;/h2*1-4,10H;/q2*-1;+2. The van der Waals surface area contributed by atoms with Crippen molar-refractivity contribution in [1.29, 1.82) is 0 Å². The molecule has 0 atom stereocenters. The topological polar surface area (TPSA) is 171 Å². The van der Waals surface area contributed by atoms with E-state index in [4.69, 9.17) is 21.0 Å². The predicted molar refractivity (Wildman–Crippen MR) is 86.6 cm³/mol. The second kappa shape index (κ2) is 9.73. The van der Waals surface area contributed by atoms with Gasteiger partial charge in [0, 0.05) is 18.2 Å². The minimum absolute atomic E-state index is 0. The molecule has 0 spiro atoms. The zero-order chi connectivity index (χ0) is 18.3. The Kier molecular flexibility index (Phi) is 8.44. The van der Waals surface area contributed by atoms with Gasteiger partial charge in [0.25, 0.3) is 11.4 Å². The van der Waals surface area contributed by atoms with Gasteiger partial charge in [-0.3, -0.25) is 20.2 Å². The molecule has 0 saturated carbocycles. The summed E-state index contributed by atoms with van der Waals surface area (Å²) in [5, 5.41) is 55.6. The fraction of sp³-hybridized carbons (Fsp3) is 0. The average molecular weight is 389 g/mol. The number of phenols is 2. The van der Waals surface area contributed by atoms with E-state index < -0.39 is 9.85 Å². The van der Waals surface area contributed by atoms with E-state index in [-0.39, 0.29) is 50.5 Å². The average Bonchev–Trinajstić information content (AvgIpc) is 2.55. The van der Waals surface area contributed by atoms with Crippen LogP contribution in [0.4, 0.5) is 11.4 Å². The number of rotatable bonds is 4. The summed E-state index contributed by atoms with van der Waals surface area (Å²) >= 11 is 0. The third-order valence-corrected chi connectivity index (χ3v) is 2.75. The molecule has 0 unspecified atom stereocenters. The molecule has 0 aromatic heterocycles. The number of phenolic OH excluding ortho intramolecular Hbond substituents is 2. The molecule has 0 aliphatic rings. The van der Waals surface area contributed by atoms with Crippen molar-refractivity contribution in [2.24, 2.45) is 0 Å². The first-order valence-electron chi connectivity index (χ1n) is 6.20. The Bertz CT molecular complexity index is 812. The first kappa shape index (κ1) is 21.7. The molecule has 2 aromatic rings. The van der Waals surface area contributed by atoms with Crippen molar-refractivity contribution in [3.05, 3.63) is 78.6 Å². The molecule has 0 aliphatic heterocycles. The van der Waals surface area contributed by atoms with Gasteiger partial charge in [-0.2, -0.15) is 12.4 Å². The van der Waals surface area contributed by atoms with Crippen LogP contribution in [0.1, 0.15) is 11.1 Å². The summed E-state index contributed by atoms with van der Waals surface area (Å²) in [7, 11) is 0. The Balaban J connectivity index is 0.000000443. The molecule has 2 rings (SSSR count). The van der Waals surface area contributed by atoms with Crippen LogP contribution in [0.2, 0.25) is 0 Å². The van der Waals surface area contributed by atoms with Gasteiger partial charge in [-0.25, -0.2) is 0 Å². The summed E-state index contributed by atoms with van der Waals surface area (Å²) in [6.07, 6.45) is 1.12. The van der Waals surface area contributed by atoms with Crippen molar-refractivity contribution < 1.29 is 36.6 Å². The second-order valence-corrected chi connectivity index (χ2v) is 4.23. The van der Waals surface area contributed by atoms with Gasteiger partial charge in [0.05, 0.1) is 15.4 Å². The maximum atomic E-state index is 10.3. The van der Waals surface area contributed by atoms with Crippen LogP contribution in [0.25, 0.3) is 10.8 Å². The van der Waals surface area contributed by atoms with E-state index in [2.05, 4.69) is 0 Å². The van der Waals surface area contributed by atoms with Gasteiger partial charge >= 0.3 is 16.5 Å². The number of aromatic hydroxyl groups is 2. The summed E-state index contributed by atoms with van der Waals surface area (Å²) in [5.74, 6) is -0.505. The molecule has 25 heavy (non-hydrogen) atoms. The van der Waals surface area contributed by atoms with Gasteiger partial charge in [0.2, 0.25) is 0 Å². The Hall–Kier alpha value is -3.33. The smallest absolute Gasteiger partial charge is 0.810 e. The molecule has 2 N–H and O–H groups in total. The number of benzene rings is 2. The van der Waals surface area contributed by atoms with E-state index in [0.29, 0.717) is 12.4 Å². The summed E-state index contributed by atoms with van der Waals surface area (Å²) in [5.41, 5.74) is -0.641. The third kappa shape index (κ3) is 5.66. The van der Waals surface area contributed by atoms with Crippen molar-refractivity contribution in [1.82, 2.24) is 0 Å². The van der Waals surface area contributed by atoms with Crippen LogP contribution in [0.5, 0.6) is 11.5 Å². The largest absolute Gasteiger partial charge is 2.00 e. The van der Waals surface area contributed by atoms with Crippen molar-refractivity contribution in [2.45, 2.75) is 0 Å². The number of nitrogens with zero attached hydrogens (tertiary/aromatic N) is 4. The summed E-state index contributed by atoms with van der Waals surface area (Å²) < 4.78 is 0. The normalized spacial score (nSPS) is 8.96. The van der Waals surface area contributed by atoms with Crippen LogP contribution in [0.15, 0.2) is 36.4 Å². The molecular formula is C14H10N4NiO6. The number of non-ortho nitro benzene ring substituents is 1. The van der Waals surface area contributed by atoms with Gasteiger partial charge in [-0.1, -0.05) is 6.07 Å². The van der Waals surface area contributed by atoms with E-state index >= 15 is 0 Å². The zero-order valence-corrected chi connectivity index (χ0v) is 13.2. The minimum Gasteiger partial charge on any atom is -0.810 e. The summed E-state index contributed by atoms with van der Waals surface area (Å²) in [6.45, 7) is 0. The Morgan fingerprint density at radius 1 is 0.920 bits per heavy atom. The molecule has 0 bridgehead atoms. The Morgan fingerprint density at radius 3 is 2.00 bits per heavy atom. The monoisotopic (exact) mass is 388 g/mol. The summed E-state index contributed by atoms with van der Waals surface area (Å²) in [4.78, 5) is 19.2. The van der Waals surface area contributed by atoms with Crippen LogP contribution in [0, 0.1) is 20.2 Å². The summed E-state index contributed by atoms with van der Waals surface area (Å²) in [6, 6.07) is 7.18. The van der Waals surface area contributed by atoms with E-state index in [9.17, 15) is 20.2 Å². The van der Waals surface area contributed by atoms with Gasteiger partial charge < -0.3 is 21.0 Å². The van der Waals surface area contributed by atoms with Crippen LogP contribution in [-0.2, 0) is 16.5 Å². The molecule has 0 heterocycles. The Morgan fingerprint density at radius 2 is 1.56 bits per heavy atom. The van der Waals surface area contributed by atoms with Gasteiger partial charge in [-0.15, -0.1) is 0 Å². The quantitative estimate of drug-likeness (QED) is 0.352. The van der Waals surface area contributed by atoms with Crippen molar-refractivity contribution in [3.63, 3.8) is 0 Å².